The highest BCUT2D eigenvalue weighted by molar-refractivity contribution is 5.94. The van der Waals surface area contributed by atoms with Gasteiger partial charge in [-0.15, -0.1) is 24.8 Å². The Hall–Kier alpha value is -1.67. The Balaban J connectivity index is 0.00000156. The number of nitrogens with zero attached hydrogens (tertiary/aromatic N) is 3. The summed E-state index contributed by atoms with van der Waals surface area (Å²) in [5.41, 5.74) is 7.91. The lowest BCUT2D eigenvalue weighted by atomic mass is 9.92. The smallest absolute Gasteiger partial charge is 0.241 e. The van der Waals surface area contributed by atoms with Gasteiger partial charge in [0.1, 0.15) is 12.7 Å². The Morgan fingerprint density at radius 1 is 1.28 bits per heavy atom. The minimum atomic E-state index is -0.492. The lowest BCUT2D eigenvalue weighted by molar-refractivity contribution is -0.119. The minimum Gasteiger partial charge on any atom is -0.381 e. The molecule has 1 atom stereocenters. The van der Waals surface area contributed by atoms with Gasteiger partial charge in [-0.1, -0.05) is 12.1 Å². The molecule has 0 aliphatic carbocycles. The Morgan fingerprint density at radius 2 is 1.96 bits per heavy atom. The van der Waals surface area contributed by atoms with Gasteiger partial charge >= 0.3 is 0 Å². The van der Waals surface area contributed by atoms with Gasteiger partial charge < -0.3 is 15.8 Å². The predicted molar refractivity (Wildman–Crippen MR) is 100 cm³/mol. The summed E-state index contributed by atoms with van der Waals surface area (Å²) in [7, 11) is 0. The molecule has 1 aromatic carbocycles. The van der Waals surface area contributed by atoms with Crippen molar-refractivity contribution in [3.05, 3.63) is 42.5 Å². The van der Waals surface area contributed by atoms with Crippen molar-refractivity contribution < 1.29 is 9.53 Å². The number of amides is 1. The van der Waals surface area contributed by atoms with Gasteiger partial charge in [-0.25, -0.2) is 9.67 Å². The number of anilines is 1. The first-order valence-electron chi connectivity index (χ1n) is 7.78. The van der Waals surface area contributed by atoms with Crippen molar-refractivity contribution in [3.63, 3.8) is 0 Å². The third-order valence-electron chi connectivity index (χ3n) is 4.11. The van der Waals surface area contributed by atoms with E-state index >= 15 is 0 Å². The normalized spacial score (nSPS) is 15.6. The first-order valence-corrected chi connectivity index (χ1v) is 7.78. The molecule has 1 aliphatic rings. The summed E-state index contributed by atoms with van der Waals surface area (Å²) >= 11 is 0. The number of nitrogens with two attached hydrogens (primary N) is 1. The summed E-state index contributed by atoms with van der Waals surface area (Å²) < 4.78 is 7.05. The van der Waals surface area contributed by atoms with E-state index in [0.29, 0.717) is 19.8 Å². The van der Waals surface area contributed by atoms with Crippen LogP contribution in [0.1, 0.15) is 18.4 Å². The van der Waals surface area contributed by atoms with E-state index in [4.69, 9.17) is 10.5 Å². The number of halogens is 2. The highest BCUT2D eigenvalue weighted by Crippen LogP contribution is 2.19. The molecule has 2 heterocycles. The molecule has 1 saturated heterocycles. The van der Waals surface area contributed by atoms with Crippen LogP contribution in [0.3, 0.4) is 0 Å². The largest absolute Gasteiger partial charge is 0.381 e. The van der Waals surface area contributed by atoms with Crippen LogP contribution in [-0.4, -0.2) is 39.9 Å². The molecular formula is C16H23Cl2N5O2. The Bertz CT molecular complexity index is 630. The minimum absolute atomic E-state index is 0. The lowest BCUT2D eigenvalue weighted by Gasteiger charge is -2.26. The molecule has 1 unspecified atom stereocenters. The fourth-order valence-electron chi connectivity index (χ4n) is 2.71. The van der Waals surface area contributed by atoms with Crippen molar-refractivity contribution in [1.29, 1.82) is 0 Å². The summed E-state index contributed by atoms with van der Waals surface area (Å²) in [5, 5.41) is 6.95. The summed E-state index contributed by atoms with van der Waals surface area (Å²) in [4.78, 5) is 16.2. The van der Waals surface area contributed by atoms with E-state index < -0.39 is 6.04 Å². The zero-order valence-electron chi connectivity index (χ0n) is 13.7. The van der Waals surface area contributed by atoms with Gasteiger partial charge in [-0.2, -0.15) is 5.10 Å². The zero-order valence-corrected chi connectivity index (χ0v) is 15.3. The first-order chi connectivity index (χ1) is 11.2. The molecule has 3 N–H and O–H groups in total. The van der Waals surface area contributed by atoms with Crippen LogP contribution in [0.4, 0.5) is 5.69 Å². The van der Waals surface area contributed by atoms with Crippen LogP contribution >= 0.6 is 24.8 Å². The fourth-order valence-corrected chi connectivity index (χ4v) is 2.71. The molecule has 0 radical (unpaired) electrons. The third-order valence-corrected chi connectivity index (χ3v) is 4.11. The van der Waals surface area contributed by atoms with E-state index in [1.165, 1.54) is 6.33 Å². The molecule has 7 nitrogen and oxygen atoms in total. The second-order valence-corrected chi connectivity index (χ2v) is 5.75. The van der Waals surface area contributed by atoms with E-state index in [1.54, 1.807) is 11.0 Å². The maximum Gasteiger partial charge on any atom is 0.241 e. The van der Waals surface area contributed by atoms with Crippen molar-refractivity contribution in [2.45, 2.75) is 25.4 Å². The van der Waals surface area contributed by atoms with E-state index in [9.17, 15) is 4.79 Å². The predicted octanol–water partition coefficient (Wildman–Crippen LogP) is 1.86. The van der Waals surface area contributed by atoms with Crippen LogP contribution in [0.2, 0.25) is 0 Å². The van der Waals surface area contributed by atoms with Crippen LogP contribution in [0.5, 0.6) is 0 Å². The Labute approximate surface area is 159 Å². The summed E-state index contributed by atoms with van der Waals surface area (Å²) in [6.45, 7) is 2.01. The standard InChI is InChI=1S/C16H21N5O2.2ClH/c17-15(13-5-7-23-8-6-13)16(22)20-14-3-1-12(2-4-14)9-21-11-18-10-19-21;;/h1-4,10-11,13,15H,5-9,17H2,(H,20,22);2*1H. The molecule has 138 valence electrons. The van der Waals surface area contributed by atoms with Crippen LogP contribution in [-0.2, 0) is 16.1 Å². The number of carbonyl (C=O) groups excluding carboxylic acids is 1. The zero-order chi connectivity index (χ0) is 16.1. The van der Waals surface area contributed by atoms with Crippen molar-refractivity contribution in [2.24, 2.45) is 11.7 Å². The molecule has 1 amide bonds. The Morgan fingerprint density at radius 3 is 2.56 bits per heavy atom. The molecule has 1 fully saturated rings. The van der Waals surface area contributed by atoms with Gasteiger partial charge in [0.05, 0.1) is 12.6 Å². The van der Waals surface area contributed by atoms with Crippen LogP contribution in [0.15, 0.2) is 36.9 Å². The van der Waals surface area contributed by atoms with Gasteiger partial charge in [0, 0.05) is 18.9 Å². The maximum absolute atomic E-state index is 12.3. The number of ether oxygens (including phenoxy) is 1. The van der Waals surface area contributed by atoms with E-state index in [-0.39, 0.29) is 36.6 Å². The van der Waals surface area contributed by atoms with Crippen molar-refractivity contribution in [1.82, 2.24) is 14.8 Å². The second kappa shape index (κ2) is 10.4. The highest BCUT2D eigenvalue weighted by atomic mass is 35.5. The highest BCUT2D eigenvalue weighted by Gasteiger charge is 2.26. The van der Waals surface area contributed by atoms with Crippen molar-refractivity contribution >= 4 is 36.4 Å². The SMILES string of the molecule is Cl.Cl.NC(C(=O)Nc1ccc(Cn2cncn2)cc1)C1CCOCC1. The topological polar surface area (TPSA) is 95.1 Å². The number of benzene rings is 1. The van der Waals surface area contributed by atoms with Crippen LogP contribution in [0, 0.1) is 5.92 Å². The van der Waals surface area contributed by atoms with Gasteiger partial charge in [0.15, 0.2) is 0 Å². The summed E-state index contributed by atoms with van der Waals surface area (Å²) in [6, 6.07) is 7.17. The number of nitrogens with one attached hydrogen (secondary N) is 1. The Kier molecular flexibility index (Phi) is 8.85. The van der Waals surface area contributed by atoms with Crippen molar-refractivity contribution in [3.8, 4) is 0 Å². The molecule has 9 heteroatoms. The summed E-state index contributed by atoms with van der Waals surface area (Å²) in [6.07, 6.45) is 4.85. The van der Waals surface area contributed by atoms with E-state index in [0.717, 1.165) is 24.1 Å². The van der Waals surface area contributed by atoms with E-state index in [1.807, 2.05) is 24.3 Å². The van der Waals surface area contributed by atoms with Crippen molar-refractivity contribution in [2.75, 3.05) is 18.5 Å². The molecule has 3 rings (SSSR count). The molecule has 0 bridgehead atoms. The molecule has 25 heavy (non-hydrogen) atoms. The number of hydrogen-bond donors (Lipinski definition) is 2. The molecule has 0 spiro atoms. The average Bonchev–Trinajstić information content (AvgIpc) is 3.10. The second-order valence-electron chi connectivity index (χ2n) is 5.75. The van der Waals surface area contributed by atoms with Gasteiger partial charge in [-0.3, -0.25) is 4.79 Å². The van der Waals surface area contributed by atoms with Gasteiger partial charge in [0.2, 0.25) is 5.91 Å². The summed E-state index contributed by atoms with van der Waals surface area (Å²) in [5.74, 6) is 0.0521. The number of hydrogen-bond acceptors (Lipinski definition) is 5. The fraction of sp³-hybridized carbons (Fsp3) is 0.438. The quantitative estimate of drug-likeness (QED) is 0.816. The van der Waals surface area contributed by atoms with Crippen LogP contribution < -0.4 is 11.1 Å². The lowest BCUT2D eigenvalue weighted by Crippen LogP contribution is -2.43. The average molecular weight is 388 g/mol. The van der Waals surface area contributed by atoms with Crippen LogP contribution in [0.25, 0.3) is 0 Å². The monoisotopic (exact) mass is 387 g/mol. The first kappa shape index (κ1) is 21.4. The molecular weight excluding hydrogens is 365 g/mol. The number of carbonyl (C=O) groups is 1. The molecule has 1 aliphatic heterocycles. The number of rotatable bonds is 5. The molecule has 0 saturated carbocycles. The molecule has 2 aromatic rings. The number of aromatic nitrogens is 3. The van der Waals surface area contributed by atoms with Gasteiger partial charge in [-0.05, 0) is 36.5 Å². The third kappa shape index (κ3) is 5.97. The van der Waals surface area contributed by atoms with E-state index in [2.05, 4.69) is 15.4 Å². The molecule has 1 aromatic heterocycles. The van der Waals surface area contributed by atoms with Gasteiger partial charge in [0.25, 0.3) is 0 Å². The maximum atomic E-state index is 12.3.